The van der Waals surface area contributed by atoms with E-state index in [9.17, 15) is 5.11 Å². The molecular weight excluding hydrogens is 240 g/mol. The van der Waals surface area contributed by atoms with Gasteiger partial charge < -0.3 is 15.1 Å². The van der Waals surface area contributed by atoms with Crippen molar-refractivity contribution in [3.63, 3.8) is 0 Å². The number of rotatable bonds is 8. The Labute approximate surface area is 116 Å². The first kappa shape index (κ1) is 15.9. The van der Waals surface area contributed by atoms with E-state index >= 15 is 0 Å². The number of aliphatic hydroxyl groups is 2. The van der Waals surface area contributed by atoms with Gasteiger partial charge in [-0.15, -0.1) is 0 Å². The van der Waals surface area contributed by atoms with E-state index in [4.69, 9.17) is 5.11 Å². The van der Waals surface area contributed by atoms with Crippen molar-refractivity contribution in [3.05, 3.63) is 23.4 Å². The first-order valence-electron chi connectivity index (χ1n) is 7.10. The maximum atomic E-state index is 9.36. The number of anilines is 1. The van der Waals surface area contributed by atoms with Crippen molar-refractivity contribution in [2.75, 3.05) is 18.1 Å². The summed E-state index contributed by atoms with van der Waals surface area (Å²) in [6.45, 7) is 7.36. The summed E-state index contributed by atoms with van der Waals surface area (Å²) in [4.78, 5) is 6.85. The third kappa shape index (κ3) is 4.80. The van der Waals surface area contributed by atoms with Gasteiger partial charge in [-0.3, -0.25) is 0 Å². The van der Waals surface area contributed by atoms with Gasteiger partial charge in [0.1, 0.15) is 5.82 Å². The minimum Gasteiger partial charge on any atom is -0.396 e. The number of aromatic nitrogens is 1. The number of hydrogen-bond acceptors (Lipinski definition) is 4. The third-order valence-corrected chi connectivity index (χ3v) is 3.09. The topological polar surface area (TPSA) is 56.6 Å². The molecule has 0 atom stereocenters. The maximum absolute atomic E-state index is 9.36. The van der Waals surface area contributed by atoms with E-state index in [0.717, 1.165) is 42.9 Å². The largest absolute Gasteiger partial charge is 0.396 e. The van der Waals surface area contributed by atoms with Crippen molar-refractivity contribution in [3.8, 4) is 0 Å². The van der Waals surface area contributed by atoms with E-state index in [2.05, 4.69) is 30.7 Å². The molecule has 0 spiro atoms. The van der Waals surface area contributed by atoms with Crippen LogP contribution in [0.2, 0.25) is 0 Å². The highest BCUT2D eigenvalue weighted by Crippen LogP contribution is 2.19. The molecule has 0 radical (unpaired) electrons. The zero-order chi connectivity index (χ0) is 14.3. The molecule has 0 saturated heterocycles. The first-order valence-corrected chi connectivity index (χ1v) is 7.10. The highest BCUT2D eigenvalue weighted by atomic mass is 16.3. The second-order valence-corrected chi connectivity index (χ2v) is 5.10. The second-order valence-electron chi connectivity index (χ2n) is 5.10. The molecule has 4 nitrogen and oxygen atoms in total. The van der Waals surface area contributed by atoms with Crippen LogP contribution < -0.4 is 4.90 Å². The second kappa shape index (κ2) is 8.12. The lowest BCUT2D eigenvalue weighted by molar-refractivity contribution is 0.281. The van der Waals surface area contributed by atoms with Crippen LogP contribution in [0, 0.1) is 0 Å². The monoisotopic (exact) mass is 266 g/mol. The van der Waals surface area contributed by atoms with Gasteiger partial charge in [-0.05, 0) is 44.4 Å². The van der Waals surface area contributed by atoms with Gasteiger partial charge in [0, 0.05) is 24.9 Å². The maximum Gasteiger partial charge on any atom is 0.129 e. The molecule has 0 saturated carbocycles. The molecule has 0 fully saturated rings. The Balaban J connectivity index is 3.02. The van der Waals surface area contributed by atoms with Crippen molar-refractivity contribution in [1.82, 2.24) is 4.98 Å². The predicted molar refractivity (Wildman–Crippen MR) is 78.3 cm³/mol. The van der Waals surface area contributed by atoms with E-state index in [1.54, 1.807) is 0 Å². The van der Waals surface area contributed by atoms with Crippen molar-refractivity contribution < 1.29 is 10.2 Å². The summed E-state index contributed by atoms with van der Waals surface area (Å²) in [5.41, 5.74) is 1.93. The summed E-state index contributed by atoms with van der Waals surface area (Å²) in [7, 11) is 0. The number of nitrogens with zero attached hydrogens (tertiary/aromatic N) is 2. The third-order valence-electron chi connectivity index (χ3n) is 3.09. The van der Waals surface area contributed by atoms with Crippen molar-refractivity contribution in [2.45, 2.75) is 52.7 Å². The van der Waals surface area contributed by atoms with Crippen LogP contribution in [0.4, 0.5) is 5.82 Å². The normalized spacial score (nSPS) is 11.1. The van der Waals surface area contributed by atoms with Gasteiger partial charge in [-0.25, -0.2) is 4.98 Å². The molecule has 2 N–H and O–H groups in total. The van der Waals surface area contributed by atoms with Crippen LogP contribution >= 0.6 is 0 Å². The summed E-state index contributed by atoms with van der Waals surface area (Å²) in [5.74, 6) is 0.901. The van der Waals surface area contributed by atoms with Crippen molar-refractivity contribution >= 4 is 5.82 Å². The Morgan fingerprint density at radius 2 is 2.00 bits per heavy atom. The molecule has 19 heavy (non-hydrogen) atoms. The van der Waals surface area contributed by atoms with Crippen LogP contribution in [-0.4, -0.2) is 34.4 Å². The first-order chi connectivity index (χ1) is 9.12. The number of pyridine rings is 1. The summed E-state index contributed by atoms with van der Waals surface area (Å²) >= 11 is 0. The summed E-state index contributed by atoms with van der Waals surface area (Å²) in [5, 5.41) is 18.4. The van der Waals surface area contributed by atoms with E-state index in [-0.39, 0.29) is 13.2 Å². The molecule has 1 rings (SSSR count). The van der Waals surface area contributed by atoms with Crippen LogP contribution in [0.1, 0.15) is 44.9 Å². The van der Waals surface area contributed by atoms with Gasteiger partial charge in [0.25, 0.3) is 0 Å². The fourth-order valence-electron chi connectivity index (χ4n) is 2.13. The fourth-order valence-corrected chi connectivity index (χ4v) is 2.13. The Kier molecular flexibility index (Phi) is 6.81. The molecule has 4 heteroatoms. The summed E-state index contributed by atoms with van der Waals surface area (Å²) in [6.07, 6.45) is 2.69. The lowest BCUT2D eigenvalue weighted by Gasteiger charge is -2.28. The molecule has 1 aromatic heterocycles. The molecule has 0 aliphatic carbocycles. The molecule has 1 aromatic rings. The Morgan fingerprint density at radius 3 is 2.53 bits per heavy atom. The molecule has 108 valence electrons. The number of hydrogen-bond donors (Lipinski definition) is 2. The molecular formula is C15H26N2O2. The van der Waals surface area contributed by atoms with E-state index in [1.165, 1.54) is 0 Å². The molecule has 0 aliphatic heterocycles. The molecule has 1 heterocycles. The van der Waals surface area contributed by atoms with Crippen LogP contribution in [0.3, 0.4) is 0 Å². The van der Waals surface area contributed by atoms with Gasteiger partial charge in [0.05, 0.1) is 6.61 Å². The van der Waals surface area contributed by atoms with Crippen LogP contribution in [0.25, 0.3) is 0 Å². The number of aryl methyl sites for hydroxylation is 1. The smallest absolute Gasteiger partial charge is 0.129 e. The van der Waals surface area contributed by atoms with Crippen LogP contribution in [0.5, 0.6) is 0 Å². The molecule has 0 bridgehead atoms. The van der Waals surface area contributed by atoms with Crippen molar-refractivity contribution in [1.29, 1.82) is 0 Å². The van der Waals surface area contributed by atoms with Crippen molar-refractivity contribution in [2.24, 2.45) is 0 Å². The minimum absolute atomic E-state index is 0.0399. The average Bonchev–Trinajstić information content (AvgIpc) is 2.39. The van der Waals surface area contributed by atoms with E-state index in [1.807, 2.05) is 12.1 Å². The molecule has 0 aliphatic rings. The van der Waals surface area contributed by atoms with Crippen LogP contribution in [0.15, 0.2) is 12.1 Å². The zero-order valence-electron chi connectivity index (χ0n) is 12.3. The van der Waals surface area contributed by atoms with Gasteiger partial charge >= 0.3 is 0 Å². The highest BCUT2D eigenvalue weighted by molar-refractivity contribution is 5.43. The van der Waals surface area contributed by atoms with Crippen LogP contribution in [-0.2, 0) is 13.0 Å². The molecule has 0 unspecified atom stereocenters. The van der Waals surface area contributed by atoms with Gasteiger partial charge in [0.15, 0.2) is 0 Å². The molecule has 0 aromatic carbocycles. The van der Waals surface area contributed by atoms with E-state index < -0.39 is 0 Å². The van der Waals surface area contributed by atoms with Gasteiger partial charge in [-0.1, -0.05) is 13.3 Å². The number of aliphatic hydroxyl groups excluding tert-OH is 2. The Hall–Kier alpha value is -1.13. The molecule has 0 amide bonds. The summed E-state index contributed by atoms with van der Waals surface area (Å²) < 4.78 is 0. The minimum atomic E-state index is 0.0399. The standard InChI is InChI=1S/C15H26N2O2/c1-4-6-14-9-13(11-19)10-15(16-14)17(12(2)3)7-5-8-18/h9-10,12,18-19H,4-8,11H2,1-3H3. The van der Waals surface area contributed by atoms with E-state index in [0.29, 0.717) is 6.04 Å². The lowest BCUT2D eigenvalue weighted by Crippen LogP contribution is -2.33. The Morgan fingerprint density at radius 1 is 1.26 bits per heavy atom. The Bertz CT molecular complexity index is 380. The zero-order valence-corrected chi connectivity index (χ0v) is 12.3. The average molecular weight is 266 g/mol. The highest BCUT2D eigenvalue weighted by Gasteiger charge is 2.13. The van der Waals surface area contributed by atoms with Gasteiger partial charge in [-0.2, -0.15) is 0 Å². The quantitative estimate of drug-likeness (QED) is 0.757. The fraction of sp³-hybridized carbons (Fsp3) is 0.667. The lowest BCUT2D eigenvalue weighted by atomic mass is 10.1. The van der Waals surface area contributed by atoms with Gasteiger partial charge in [0.2, 0.25) is 0 Å². The summed E-state index contributed by atoms with van der Waals surface area (Å²) in [6, 6.07) is 4.23. The predicted octanol–water partition coefficient (Wildman–Crippen LogP) is 2.12. The SMILES string of the molecule is CCCc1cc(CO)cc(N(CCCO)C(C)C)n1.